The number of nitrogens with zero attached hydrogens (tertiary/aromatic N) is 3. The Kier molecular flexibility index (Phi) is 4.12. The van der Waals surface area contributed by atoms with Gasteiger partial charge in [0.2, 0.25) is 0 Å². The van der Waals surface area contributed by atoms with E-state index >= 15 is 0 Å². The van der Waals surface area contributed by atoms with Crippen LogP contribution in [0.15, 0.2) is 46.5 Å². The minimum atomic E-state index is -0.458. The Labute approximate surface area is 138 Å². The van der Waals surface area contributed by atoms with Crippen LogP contribution in [0.2, 0.25) is 0 Å². The molecule has 5 nitrogen and oxygen atoms in total. The van der Waals surface area contributed by atoms with Crippen LogP contribution >= 0.6 is 0 Å². The van der Waals surface area contributed by atoms with Crippen LogP contribution < -0.4 is 10.3 Å². The summed E-state index contributed by atoms with van der Waals surface area (Å²) in [6, 6.07) is 3.08. The smallest absolute Gasteiger partial charge is 0.258 e. The molecule has 122 valence electrons. The molecule has 2 aromatic rings. The normalized spacial score (nSPS) is 13.4. The van der Waals surface area contributed by atoms with E-state index in [4.69, 9.17) is 4.74 Å². The minimum Gasteiger partial charge on any atom is -0.485 e. The van der Waals surface area contributed by atoms with Gasteiger partial charge in [-0.25, -0.2) is 9.37 Å². The molecule has 0 N–H and O–H groups in total. The lowest BCUT2D eigenvalue weighted by atomic mass is 10.0. The summed E-state index contributed by atoms with van der Waals surface area (Å²) in [5, 5.41) is 0. The third-order valence-electron chi connectivity index (χ3n) is 3.80. The summed E-state index contributed by atoms with van der Waals surface area (Å²) in [5.41, 5.74) is 3.15. The summed E-state index contributed by atoms with van der Waals surface area (Å²) in [7, 11) is 0. The van der Waals surface area contributed by atoms with Crippen molar-refractivity contribution in [2.24, 2.45) is 4.99 Å². The van der Waals surface area contributed by atoms with Crippen molar-refractivity contribution in [2.75, 3.05) is 0 Å². The number of hydrogen-bond donors (Lipinski definition) is 0. The van der Waals surface area contributed by atoms with Gasteiger partial charge in [0.05, 0.1) is 11.9 Å². The zero-order valence-electron chi connectivity index (χ0n) is 13.4. The molecule has 3 rings (SSSR count). The monoisotopic (exact) mass is 325 g/mol. The molecule has 0 radical (unpaired) electrons. The first-order chi connectivity index (χ1) is 11.5. The molecule has 2 aromatic heterocycles. The van der Waals surface area contributed by atoms with E-state index in [9.17, 15) is 9.18 Å². The summed E-state index contributed by atoms with van der Waals surface area (Å²) in [5.74, 6) is -0.0788. The van der Waals surface area contributed by atoms with E-state index in [0.717, 1.165) is 11.8 Å². The van der Waals surface area contributed by atoms with E-state index in [1.54, 1.807) is 29.7 Å². The van der Waals surface area contributed by atoms with Crippen LogP contribution in [0.3, 0.4) is 0 Å². The van der Waals surface area contributed by atoms with Crippen molar-refractivity contribution in [1.82, 2.24) is 9.55 Å². The van der Waals surface area contributed by atoms with Crippen molar-refractivity contribution in [3.05, 3.63) is 64.1 Å². The van der Waals surface area contributed by atoms with E-state index in [1.807, 2.05) is 6.92 Å². The zero-order valence-corrected chi connectivity index (χ0v) is 13.4. The van der Waals surface area contributed by atoms with Gasteiger partial charge in [-0.3, -0.25) is 14.4 Å². The van der Waals surface area contributed by atoms with Crippen molar-refractivity contribution in [3.8, 4) is 17.0 Å². The number of aryl methyl sites for hydroxylation is 1. The lowest BCUT2D eigenvalue weighted by molar-refractivity contribution is 0.290. The molecular weight excluding hydrogens is 309 g/mol. The molecule has 24 heavy (non-hydrogen) atoms. The summed E-state index contributed by atoms with van der Waals surface area (Å²) < 4.78 is 20.6. The molecule has 0 atom stereocenters. The van der Waals surface area contributed by atoms with E-state index in [1.165, 1.54) is 12.3 Å². The van der Waals surface area contributed by atoms with Gasteiger partial charge < -0.3 is 4.74 Å². The highest BCUT2D eigenvalue weighted by molar-refractivity contribution is 5.72. The van der Waals surface area contributed by atoms with Crippen molar-refractivity contribution in [2.45, 2.75) is 20.5 Å². The molecule has 3 heterocycles. The van der Waals surface area contributed by atoms with Gasteiger partial charge in [-0.1, -0.05) is 0 Å². The third-order valence-corrected chi connectivity index (χ3v) is 3.80. The molecule has 0 aliphatic carbocycles. The van der Waals surface area contributed by atoms with Crippen molar-refractivity contribution >= 4 is 12.4 Å². The maximum atomic E-state index is 13.4. The van der Waals surface area contributed by atoms with Gasteiger partial charge in [0.15, 0.2) is 0 Å². The highest BCUT2D eigenvalue weighted by Crippen LogP contribution is 2.36. The summed E-state index contributed by atoms with van der Waals surface area (Å²) >= 11 is 0. The predicted octanol–water partition coefficient (Wildman–Crippen LogP) is 3.33. The number of allylic oxidation sites excluding steroid dienone is 3. The van der Waals surface area contributed by atoms with E-state index in [-0.39, 0.29) is 12.2 Å². The number of halogens is 1. The Hall–Kier alpha value is -3.02. The summed E-state index contributed by atoms with van der Waals surface area (Å²) in [4.78, 5) is 20.4. The van der Waals surface area contributed by atoms with Crippen LogP contribution in [-0.4, -0.2) is 16.3 Å². The Morgan fingerprint density at radius 1 is 1.50 bits per heavy atom. The van der Waals surface area contributed by atoms with Gasteiger partial charge in [-0.2, -0.15) is 0 Å². The molecule has 0 fully saturated rings. The molecule has 6 heteroatoms. The second-order valence-corrected chi connectivity index (χ2v) is 5.45. The minimum absolute atomic E-state index is 0.128. The van der Waals surface area contributed by atoms with Gasteiger partial charge >= 0.3 is 0 Å². The van der Waals surface area contributed by atoms with Crippen molar-refractivity contribution < 1.29 is 9.13 Å². The highest BCUT2D eigenvalue weighted by Gasteiger charge is 2.24. The second-order valence-electron chi connectivity index (χ2n) is 5.45. The molecule has 1 aliphatic heterocycles. The van der Waals surface area contributed by atoms with Gasteiger partial charge in [0.1, 0.15) is 23.9 Å². The fourth-order valence-corrected chi connectivity index (χ4v) is 2.70. The van der Waals surface area contributed by atoms with E-state index in [2.05, 4.69) is 16.7 Å². The average molecular weight is 325 g/mol. The topological polar surface area (TPSA) is 56.5 Å². The molecule has 0 saturated carbocycles. The molecular formula is C18H16FN3O2. The van der Waals surface area contributed by atoms with Gasteiger partial charge in [0, 0.05) is 29.1 Å². The summed E-state index contributed by atoms with van der Waals surface area (Å²) in [6.45, 7) is 7.10. The number of ether oxygens (including phenoxy) is 1. The quantitative estimate of drug-likeness (QED) is 0.642. The van der Waals surface area contributed by atoms with Gasteiger partial charge in [0.25, 0.3) is 5.56 Å². The highest BCUT2D eigenvalue weighted by atomic mass is 19.1. The number of fused-ring (bicyclic) bond motifs is 3. The number of pyridine rings is 2. The fourth-order valence-electron chi connectivity index (χ4n) is 2.70. The van der Waals surface area contributed by atoms with Crippen LogP contribution in [-0.2, 0) is 6.61 Å². The number of rotatable bonds is 3. The van der Waals surface area contributed by atoms with E-state index in [0.29, 0.717) is 28.4 Å². The Balaban J connectivity index is 2.25. The van der Waals surface area contributed by atoms with Crippen LogP contribution in [0.5, 0.6) is 5.75 Å². The molecule has 0 saturated heterocycles. The SMILES string of the molecule is C=N/C=C\C=C(/C)n1c2c(cc(C)c1=O)-c1ncc(F)cc1OC2. The van der Waals surface area contributed by atoms with E-state index < -0.39 is 5.82 Å². The number of hydrogen-bond acceptors (Lipinski definition) is 4. The Bertz CT molecular complexity index is 942. The Morgan fingerprint density at radius 2 is 2.29 bits per heavy atom. The fraction of sp³-hybridized carbons (Fsp3) is 0.167. The molecule has 1 aliphatic rings. The Morgan fingerprint density at radius 3 is 3.04 bits per heavy atom. The average Bonchev–Trinajstić information content (AvgIpc) is 2.56. The molecule has 0 amide bonds. The number of aromatic nitrogens is 2. The maximum absolute atomic E-state index is 13.4. The van der Waals surface area contributed by atoms with Crippen molar-refractivity contribution in [3.63, 3.8) is 0 Å². The second kappa shape index (κ2) is 6.23. The first kappa shape index (κ1) is 15.9. The number of aliphatic imine (C=N–C) groups is 1. The maximum Gasteiger partial charge on any atom is 0.258 e. The molecule has 0 spiro atoms. The van der Waals surface area contributed by atoms with Gasteiger partial charge in [-0.15, -0.1) is 0 Å². The third kappa shape index (κ3) is 2.67. The largest absolute Gasteiger partial charge is 0.485 e. The van der Waals surface area contributed by atoms with Crippen LogP contribution in [0.25, 0.3) is 17.0 Å². The van der Waals surface area contributed by atoms with Crippen molar-refractivity contribution in [1.29, 1.82) is 0 Å². The molecule has 0 aromatic carbocycles. The lowest BCUT2D eigenvalue weighted by Crippen LogP contribution is -2.27. The summed E-state index contributed by atoms with van der Waals surface area (Å²) in [6.07, 6.45) is 6.15. The van der Waals surface area contributed by atoms with Gasteiger partial charge in [-0.05, 0) is 38.8 Å². The lowest BCUT2D eigenvalue weighted by Gasteiger charge is -2.24. The molecule has 0 unspecified atom stereocenters. The van der Waals surface area contributed by atoms with Crippen LogP contribution in [0.4, 0.5) is 4.39 Å². The predicted molar refractivity (Wildman–Crippen MR) is 91.6 cm³/mol. The first-order valence-electron chi connectivity index (χ1n) is 7.37. The molecule has 0 bridgehead atoms. The first-order valence-corrected chi connectivity index (χ1v) is 7.37. The van der Waals surface area contributed by atoms with Crippen LogP contribution in [0, 0.1) is 12.7 Å². The van der Waals surface area contributed by atoms with Crippen LogP contribution in [0.1, 0.15) is 18.2 Å². The zero-order chi connectivity index (χ0) is 17.3. The standard InChI is InChI=1S/C18H16FN3O2/c1-11-7-14-15(10-24-16-8-13(19)9-21-17(14)16)22(18(11)23)12(2)5-4-6-20-3/h4-9H,3,10H2,1-2H3/b6-4-,12-5+.